The summed E-state index contributed by atoms with van der Waals surface area (Å²) >= 11 is 0. The van der Waals surface area contributed by atoms with Crippen LogP contribution in [0.5, 0.6) is 0 Å². The number of ether oxygens (including phenoxy) is 1. The molecule has 0 saturated carbocycles. The Morgan fingerprint density at radius 1 is 1.14 bits per heavy atom. The number of nitrogens with two attached hydrogens (primary N) is 1. The van der Waals surface area contributed by atoms with Crippen LogP contribution in [0.2, 0.25) is 0 Å². The number of rotatable bonds is 7. The third-order valence-corrected chi connectivity index (χ3v) is 8.01. The average molecular weight is 523 g/mol. The van der Waals surface area contributed by atoms with Crippen LogP contribution in [0, 0.1) is 0 Å². The fourth-order valence-electron chi connectivity index (χ4n) is 4.12. The zero-order valence-electron chi connectivity index (χ0n) is 20.0. The highest BCUT2D eigenvalue weighted by molar-refractivity contribution is 7.92. The van der Waals surface area contributed by atoms with Crippen molar-refractivity contribution in [2.75, 3.05) is 20.2 Å². The predicted octanol–water partition coefficient (Wildman–Crippen LogP) is 1.42. The maximum Gasteiger partial charge on any atom is 0.325 e. The summed E-state index contributed by atoms with van der Waals surface area (Å²) in [6, 6.07) is 15.6. The lowest BCUT2D eigenvalue weighted by molar-refractivity contribution is -0.147. The van der Waals surface area contributed by atoms with Gasteiger partial charge in [0.25, 0.3) is 5.91 Å². The molecule has 1 aromatic heterocycles. The van der Waals surface area contributed by atoms with Crippen molar-refractivity contribution in [3.63, 3.8) is 0 Å². The van der Waals surface area contributed by atoms with E-state index in [4.69, 9.17) is 10.5 Å². The number of carbonyl (C=O) groups excluding carboxylic acids is 3. The van der Waals surface area contributed by atoms with Gasteiger partial charge >= 0.3 is 5.97 Å². The van der Waals surface area contributed by atoms with Gasteiger partial charge in [-0.2, -0.15) is 0 Å². The van der Waals surface area contributed by atoms with Gasteiger partial charge in [0.2, 0.25) is 5.91 Å². The van der Waals surface area contributed by atoms with Crippen molar-refractivity contribution < 1.29 is 27.5 Å². The molecule has 3 aromatic rings. The van der Waals surface area contributed by atoms with E-state index in [0.29, 0.717) is 5.39 Å². The molecule has 2 amide bonds. The molecular formula is C26H26N4O6S. The maximum atomic E-state index is 13.4. The summed E-state index contributed by atoms with van der Waals surface area (Å²) in [5, 5.41) is 2.65. The summed E-state index contributed by atoms with van der Waals surface area (Å²) in [5.74, 6) is -1.85. The maximum absolute atomic E-state index is 13.4. The molecule has 0 radical (unpaired) electrons. The third-order valence-electron chi connectivity index (χ3n) is 6.11. The number of carbonyl (C=O) groups is 3. The highest BCUT2D eigenvalue weighted by Gasteiger charge is 2.35. The van der Waals surface area contributed by atoms with Crippen LogP contribution < -0.4 is 11.1 Å². The van der Waals surface area contributed by atoms with Crippen LogP contribution in [0.1, 0.15) is 16.9 Å². The summed E-state index contributed by atoms with van der Waals surface area (Å²) in [6.07, 6.45) is 3.00. The number of esters is 1. The van der Waals surface area contributed by atoms with E-state index < -0.39 is 45.6 Å². The number of nitrogens with one attached hydrogen (secondary N) is 1. The first-order chi connectivity index (χ1) is 17.7. The topological polar surface area (TPSA) is 149 Å². The van der Waals surface area contributed by atoms with Gasteiger partial charge in [0.1, 0.15) is 23.7 Å². The number of benzene rings is 2. The van der Waals surface area contributed by atoms with Crippen LogP contribution in [0.4, 0.5) is 0 Å². The zero-order valence-corrected chi connectivity index (χ0v) is 20.9. The van der Waals surface area contributed by atoms with E-state index in [1.54, 1.807) is 36.4 Å². The molecule has 2 unspecified atom stereocenters. The van der Waals surface area contributed by atoms with E-state index in [1.165, 1.54) is 31.5 Å². The monoisotopic (exact) mass is 522 g/mol. The normalized spacial score (nSPS) is 17.0. The van der Waals surface area contributed by atoms with Crippen LogP contribution in [-0.4, -0.2) is 67.7 Å². The van der Waals surface area contributed by atoms with Crippen LogP contribution >= 0.6 is 0 Å². The molecular weight excluding hydrogens is 496 g/mol. The molecule has 10 nitrogen and oxygen atoms in total. The van der Waals surface area contributed by atoms with Crippen molar-refractivity contribution in [1.82, 2.24) is 15.2 Å². The van der Waals surface area contributed by atoms with E-state index in [1.807, 2.05) is 12.1 Å². The number of hydrogen-bond acceptors (Lipinski definition) is 8. The van der Waals surface area contributed by atoms with Crippen molar-refractivity contribution in [3.05, 3.63) is 84.2 Å². The number of methoxy groups -OCH3 is 1. The summed E-state index contributed by atoms with van der Waals surface area (Å²) in [6.45, 7) is -0.663. The molecule has 37 heavy (non-hydrogen) atoms. The van der Waals surface area contributed by atoms with Gasteiger partial charge in [0.05, 0.1) is 12.0 Å². The molecule has 0 spiro atoms. The molecule has 0 fully saturated rings. The fraction of sp³-hybridized carbons (Fsp3) is 0.231. The number of pyridine rings is 1. The van der Waals surface area contributed by atoms with Gasteiger partial charge in [-0.05, 0) is 35.6 Å². The smallest absolute Gasteiger partial charge is 0.325 e. The van der Waals surface area contributed by atoms with Gasteiger partial charge in [0, 0.05) is 18.1 Å². The lowest BCUT2D eigenvalue weighted by atomic mass is 10.1. The minimum absolute atomic E-state index is 0.0274. The molecule has 192 valence electrons. The standard InChI is InChI=1S/C26H26N4O6S/c1-36-22(31)16-30-15-18(24(27)37(34,35)19-8-3-2-4-9-19)11-12-21(26(30)33)29-25(32)23-20-10-6-5-7-17(20)13-14-28-23/h2-11,13-14,21,24H,12,15-16,27H2,1H3,(H,29,32). The Morgan fingerprint density at radius 2 is 1.84 bits per heavy atom. The summed E-state index contributed by atoms with van der Waals surface area (Å²) in [4.78, 5) is 43.9. The Kier molecular flexibility index (Phi) is 7.65. The van der Waals surface area contributed by atoms with Gasteiger partial charge in [0.15, 0.2) is 9.84 Å². The molecule has 1 aliphatic heterocycles. The Balaban J connectivity index is 1.64. The van der Waals surface area contributed by atoms with Crippen molar-refractivity contribution in [1.29, 1.82) is 0 Å². The molecule has 2 atom stereocenters. The first-order valence-electron chi connectivity index (χ1n) is 11.5. The van der Waals surface area contributed by atoms with Crippen LogP contribution in [0.25, 0.3) is 10.8 Å². The second kappa shape index (κ2) is 10.9. The molecule has 3 N–H and O–H groups in total. The lowest BCUT2D eigenvalue weighted by Gasteiger charge is -2.26. The number of fused-ring (bicyclic) bond motifs is 1. The van der Waals surface area contributed by atoms with E-state index in [2.05, 4.69) is 10.3 Å². The van der Waals surface area contributed by atoms with Crippen LogP contribution in [-0.2, 0) is 24.2 Å². The Labute approximate surface area is 214 Å². The minimum Gasteiger partial charge on any atom is -0.468 e. The van der Waals surface area contributed by atoms with Gasteiger partial charge in [-0.15, -0.1) is 0 Å². The molecule has 11 heteroatoms. The molecule has 0 aliphatic carbocycles. The number of amides is 2. The Morgan fingerprint density at radius 3 is 2.57 bits per heavy atom. The summed E-state index contributed by atoms with van der Waals surface area (Å²) < 4.78 is 31.0. The average Bonchev–Trinajstić information content (AvgIpc) is 3.06. The zero-order chi connectivity index (χ0) is 26.6. The van der Waals surface area contributed by atoms with E-state index in [-0.39, 0.29) is 29.1 Å². The molecule has 2 heterocycles. The molecule has 4 rings (SSSR count). The number of sulfone groups is 1. The Hall–Kier alpha value is -4.09. The lowest BCUT2D eigenvalue weighted by Crippen LogP contribution is -2.50. The molecule has 0 saturated heterocycles. The van der Waals surface area contributed by atoms with Crippen molar-refractivity contribution >= 4 is 38.4 Å². The molecule has 2 aromatic carbocycles. The molecule has 0 bridgehead atoms. The molecule has 1 aliphatic rings. The first-order valence-corrected chi connectivity index (χ1v) is 13.0. The SMILES string of the molecule is COC(=O)CN1CC(C(N)S(=O)(=O)c2ccccc2)=CCC(NC(=O)c2nccc3ccccc23)C1=O. The van der Waals surface area contributed by atoms with Gasteiger partial charge < -0.3 is 20.7 Å². The summed E-state index contributed by atoms with van der Waals surface area (Å²) in [5.41, 5.74) is 6.56. The third kappa shape index (κ3) is 5.52. The number of aromatic nitrogens is 1. The van der Waals surface area contributed by atoms with Crippen molar-refractivity contribution in [3.8, 4) is 0 Å². The van der Waals surface area contributed by atoms with Crippen LogP contribution in [0.3, 0.4) is 0 Å². The van der Waals surface area contributed by atoms with Crippen LogP contribution in [0.15, 0.2) is 83.4 Å². The minimum atomic E-state index is -3.98. The highest BCUT2D eigenvalue weighted by atomic mass is 32.2. The number of hydrogen-bond donors (Lipinski definition) is 2. The van der Waals surface area contributed by atoms with E-state index in [9.17, 15) is 22.8 Å². The van der Waals surface area contributed by atoms with E-state index in [0.717, 1.165) is 10.3 Å². The summed E-state index contributed by atoms with van der Waals surface area (Å²) in [7, 11) is -2.80. The highest BCUT2D eigenvalue weighted by Crippen LogP contribution is 2.23. The Bertz CT molecular complexity index is 1470. The van der Waals surface area contributed by atoms with E-state index >= 15 is 0 Å². The first kappa shape index (κ1) is 26.0. The quantitative estimate of drug-likeness (QED) is 0.350. The predicted molar refractivity (Wildman–Crippen MR) is 136 cm³/mol. The van der Waals surface area contributed by atoms with Crippen molar-refractivity contribution in [2.45, 2.75) is 22.7 Å². The van der Waals surface area contributed by atoms with Crippen molar-refractivity contribution in [2.24, 2.45) is 5.73 Å². The second-order valence-electron chi connectivity index (χ2n) is 8.47. The fourth-order valence-corrected chi connectivity index (χ4v) is 5.52. The largest absolute Gasteiger partial charge is 0.468 e. The second-order valence-corrected chi connectivity index (χ2v) is 10.5. The van der Waals surface area contributed by atoms with Gasteiger partial charge in [-0.1, -0.05) is 48.5 Å². The number of nitrogens with zero attached hydrogens (tertiary/aromatic N) is 2. The van der Waals surface area contributed by atoms with Gasteiger partial charge in [-0.25, -0.2) is 8.42 Å². The van der Waals surface area contributed by atoms with Gasteiger partial charge in [-0.3, -0.25) is 19.4 Å².